The van der Waals surface area contributed by atoms with Gasteiger partial charge < -0.3 is 14.5 Å². The maximum Gasteiger partial charge on any atom is 0.323 e. The van der Waals surface area contributed by atoms with E-state index in [1.54, 1.807) is 18.0 Å². The monoisotopic (exact) mass is 423 g/mol. The topological polar surface area (TPSA) is 70.1 Å². The van der Waals surface area contributed by atoms with Crippen LogP contribution in [-0.4, -0.2) is 71.3 Å². The Bertz CT molecular complexity index is 741. The van der Waals surface area contributed by atoms with E-state index >= 15 is 0 Å². The molecule has 7 nitrogen and oxygen atoms in total. The van der Waals surface area contributed by atoms with Gasteiger partial charge in [0.05, 0.1) is 17.2 Å². The first kappa shape index (κ1) is 19.8. The molecular weight excluding hydrogens is 398 g/mol. The van der Waals surface area contributed by atoms with Crippen LogP contribution in [0.3, 0.4) is 0 Å². The van der Waals surface area contributed by atoms with E-state index in [0.29, 0.717) is 48.6 Å². The second-order valence-electron chi connectivity index (χ2n) is 7.26. The van der Waals surface area contributed by atoms with Crippen LogP contribution in [0.5, 0.6) is 0 Å². The number of halogens is 1. The Balaban J connectivity index is 1.27. The van der Waals surface area contributed by atoms with E-state index in [4.69, 9.17) is 21.3 Å². The van der Waals surface area contributed by atoms with Crippen LogP contribution in [0.15, 0.2) is 23.3 Å². The molecule has 1 saturated carbocycles. The molecule has 0 bridgehead atoms. The van der Waals surface area contributed by atoms with Gasteiger partial charge in [-0.2, -0.15) is 0 Å². The molecule has 1 aromatic heterocycles. The molecular formula is C19H26ClN5O2S. The van der Waals surface area contributed by atoms with Crippen LogP contribution in [-0.2, 0) is 4.74 Å². The number of carbonyl (C=O) groups is 1. The molecule has 0 spiro atoms. The Hall–Kier alpha value is -1.51. The fourth-order valence-electron chi connectivity index (χ4n) is 4.03. The van der Waals surface area contributed by atoms with Gasteiger partial charge in [0.25, 0.3) is 0 Å². The molecule has 1 saturated heterocycles. The molecule has 3 aliphatic rings. The number of fused-ring (bicyclic) bond motifs is 1. The third-order valence-electron chi connectivity index (χ3n) is 5.48. The van der Waals surface area contributed by atoms with Gasteiger partial charge in [0.2, 0.25) is 0 Å². The van der Waals surface area contributed by atoms with Crippen molar-refractivity contribution >= 4 is 40.4 Å². The molecule has 0 radical (unpaired) electrons. The van der Waals surface area contributed by atoms with Crippen molar-refractivity contribution in [3.8, 4) is 0 Å². The third-order valence-corrected chi connectivity index (χ3v) is 7.01. The molecule has 3 atom stereocenters. The zero-order chi connectivity index (χ0) is 19.5. The molecule has 3 heterocycles. The molecule has 2 aliphatic heterocycles. The van der Waals surface area contributed by atoms with E-state index in [1.165, 1.54) is 0 Å². The second kappa shape index (κ2) is 8.88. The fourth-order valence-corrected chi connectivity index (χ4v) is 5.56. The summed E-state index contributed by atoms with van der Waals surface area (Å²) in [6, 6.07) is 3.90. The van der Waals surface area contributed by atoms with E-state index in [2.05, 4.69) is 15.2 Å². The van der Waals surface area contributed by atoms with Gasteiger partial charge in [-0.3, -0.25) is 10.3 Å². The van der Waals surface area contributed by atoms with Crippen molar-refractivity contribution < 1.29 is 9.53 Å². The minimum Gasteiger partial charge on any atom is -0.378 e. The van der Waals surface area contributed by atoms with Crippen LogP contribution >= 0.6 is 23.4 Å². The van der Waals surface area contributed by atoms with Gasteiger partial charge in [0, 0.05) is 44.2 Å². The number of urea groups is 1. The van der Waals surface area contributed by atoms with Crippen molar-refractivity contribution in [3.63, 3.8) is 0 Å². The van der Waals surface area contributed by atoms with Crippen LogP contribution in [0.25, 0.3) is 0 Å². The van der Waals surface area contributed by atoms with Gasteiger partial charge in [-0.05, 0) is 38.3 Å². The molecule has 152 valence electrons. The fraction of sp³-hybridized carbons (Fsp3) is 0.632. The van der Waals surface area contributed by atoms with Gasteiger partial charge in [0.1, 0.15) is 5.82 Å². The predicted molar refractivity (Wildman–Crippen MR) is 113 cm³/mol. The smallest absolute Gasteiger partial charge is 0.323 e. The standard InChI is InChI=1S/C19H26ClN5O2S/c1-2-27-13-5-6-15-16(12-13)28-18(22-15)23-19(26)25-10-8-24(9-11-25)17-14(20)4-3-7-21-17/h3-4,7,13,15-16H,2,5-6,8-12H2,1H3,(H,22,23,26)/t13?,15?,16-/m1/s1. The highest BCUT2D eigenvalue weighted by atomic mass is 35.5. The van der Waals surface area contributed by atoms with E-state index in [0.717, 1.165) is 36.9 Å². The number of hydrogen-bond acceptors (Lipinski definition) is 6. The van der Waals surface area contributed by atoms with E-state index < -0.39 is 0 Å². The van der Waals surface area contributed by atoms with Crippen molar-refractivity contribution in [3.05, 3.63) is 23.4 Å². The molecule has 1 aromatic rings. The quantitative estimate of drug-likeness (QED) is 0.809. The molecule has 9 heteroatoms. The van der Waals surface area contributed by atoms with Crippen LogP contribution < -0.4 is 10.2 Å². The number of nitrogens with one attached hydrogen (secondary N) is 1. The highest BCUT2D eigenvalue weighted by Gasteiger charge is 2.37. The lowest BCUT2D eigenvalue weighted by atomic mass is 9.93. The number of ether oxygens (including phenoxy) is 1. The van der Waals surface area contributed by atoms with Crippen molar-refractivity contribution in [2.45, 2.75) is 43.6 Å². The highest BCUT2D eigenvalue weighted by Crippen LogP contribution is 2.37. The lowest BCUT2D eigenvalue weighted by Gasteiger charge is -2.35. The first-order valence-corrected chi connectivity index (χ1v) is 11.2. The molecule has 2 unspecified atom stereocenters. The number of thioether (sulfide) groups is 1. The van der Waals surface area contributed by atoms with E-state index in [-0.39, 0.29) is 6.03 Å². The summed E-state index contributed by atoms with van der Waals surface area (Å²) in [5, 5.41) is 4.84. The number of amidine groups is 1. The Morgan fingerprint density at radius 1 is 1.36 bits per heavy atom. The summed E-state index contributed by atoms with van der Waals surface area (Å²) >= 11 is 7.92. The molecule has 1 N–H and O–H groups in total. The molecule has 4 rings (SSSR count). The largest absolute Gasteiger partial charge is 0.378 e. The maximum absolute atomic E-state index is 12.7. The SMILES string of the molecule is CCOC1CCC2N=C(NC(=O)N3CCN(c4ncccc4Cl)CC3)S[C@@H]2C1. The maximum atomic E-state index is 12.7. The summed E-state index contributed by atoms with van der Waals surface area (Å²) in [6.45, 7) is 5.49. The zero-order valence-corrected chi connectivity index (χ0v) is 17.6. The molecule has 0 aromatic carbocycles. The first-order valence-electron chi connectivity index (χ1n) is 9.91. The van der Waals surface area contributed by atoms with Crippen LogP contribution in [0.2, 0.25) is 5.02 Å². The molecule has 1 aliphatic carbocycles. The van der Waals surface area contributed by atoms with Gasteiger partial charge >= 0.3 is 6.03 Å². The Kier molecular flexibility index (Phi) is 6.28. The summed E-state index contributed by atoms with van der Waals surface area (Å²) in [7, 11) is 0. The van der Waals surface area contributed by atoms with Gasteiger partial charge in [0.15, 0.2) is 5.17 Å². The number of anilines is 1. The summed E-state index contributed by atoms with van der Waals surface area (Å²) in [5.41, 5.74) is 0. The highest BCUT2D eigenvalue weighted by molar-refractivity contribution is 8.14. The number of rotatable bonds is 3. The normalized spacial score (nSPS) is 27.4. The average Bonchev–Trinajstić information content (AvgIpc) is 3.10. The van der Waals surface area contributed by atoms with Crippen molar-refractivity contribution in [2.75, 3.05) is 37.7 Å². The Morgan fingerprint density at radius 3 is 2.93 bits per heavy atom. The molecule has 2 fully saturated rings. The van der Waals surface area contributed by atoms with Gasteiger partial charge in [-0.25, -0.2) is 9.78 Å². The summed E-state index contributed by atoms with van der Waals surface area (Å²) < 4.78 is 5.78. The third kappa shape index (κ3) is 4.39. The number of carbonyl (C=O) groups excluding carboxylic acids is 1. The molecule has 28 heavy (non-hydrogen) atoms. The number of hydrogen-bond donors (Lipinski definition) is 1. The molecule has 2 amide bonds. The minimum atomic E-state index is -0.0713. The number of aromatic nitrogens is 1. The van der Waals surface area contributed by atoms with Crippen molar-refractivity contribution in [1.82, 2.24) is 15.2 Å². The van der Waals surface area contributed by atoms with E-state index in [1.807, 2.05) is 24.0 Å². The Labute approximate surface area is 174 Å². The number of amides is 2. The minimum absolute atomic E-state index is 0.0713. The van der Waals surface area contributed by atoms with Crippen LogP contribution in [0, 0.1) is 0 Å². The summed E-state index contributed by atoms with van der Waals surface area (Å²) in [5.74, 6) is 0.785. The average molecular weight is 424 g/mol. The van der Waals surface area contributed by atoms with Crippen molar-refractivity contribution in [2.24, 2.45) is 4.99 Å². The first-order chi connectivity index (χ1) is 13.6. The second-order valence-corrected chi connectivity index (χ2v) is 8.90. The predicted octanol–water partition coefficient (Wildman–Crippen LogP) is 3.00. The number of nitrogens with zero attached hydrogens (tertiary/aromatic N) is 4. The zero-order valence-electron chi connectivity index (χ0n) is 16.0. The number of pyridine rings is 1. The van der Waals surface area contributed by atoms with Crippen molar-refractivity contribution in [1.29, 1.82) is 0 Å². The van der Waals surface area contributed by atoms with Crippen LogP contribution in [0.1, 0.15) is 26.2 Å². The summed E-state index contributed by atoms with van der Waals surface area (Å²) in [4.78, 5) is 25.7. The number of aliphatic imine (C=N–C) groups is 1. The van der Waals surface area contributed by atoms with Gasteiger partial charge in [-0.1, -0.05) is 23.4 Å². The number of piperazine rings is 1. The Morgan fingerprint density at radius 2 is 2.18 bits per heavy atom. The summed E-state index contributed by atoms with van der Waals surface area (Å²) in [6.07, 6.45) is 5.17. The lowest BCUT2D eigenvalue weighted by Crippen LogP contribution is -2.52. The lowest BCUT2D eigenvalue weighted by molar-refractivity contribution is 0.0358. The van der Waals surface area contributed by atoms with Crippen LogP contribution in [0.4, 0.5) is 10.6 Å². The van der Waals surface area contributed by atoms with E-state index in [9.17, 15) is 4.79 Å². The van der Waals surface area contributed by atoms with Gasteiger partial charge in [-0.15, -0.1) is 0 Å².